The van der Waals surface area contributed by atoms with Crippen LogP contribution in [0.5, 0.6) is 11.5 Å². The Kier molecular flexibility index (Phi) is 4.85. The predicted molar refractivity (Wildman–Crippen MR) is 91.5 cm³/mol. The normalized spacial score (nSPS) is 17.6. The zero-order valence-corrected chi connectivity index (χ0v) is 16.5. The Labute approximate surface area is 160 Å². The molecule has 0 amide bonds. The molecule has 0 N–H and O–H groups in total. The second-order valence-corrected chi connectivity index (χ2v) is 6.42. The third-order valence-corrected chi connectivity index (χ3v) is 5.10. The van der Waals surface area contributed by atoms with Crippen molar-refractivity contribution < 1.29 is 38.0 Å². The van der Waals surface area contributed by atoms with Crippen molar-refractivity contribution in [1.29, 1.82) is 0 Å². The Morgan fingerprint density at radius 3 is 2.54 bits per heavy atom. The number of rotatable bonds is 2. The SMILES string of the molecule is COc1cc2c3c(c1OC)C=[N+](C)CC3c1ccccc1CC2.[I-]. The molecule has 24 heavy (non-hydrogen) atoms. The summed E-state index contributed by atoms with van der Waals surface area (Å²) in [5.74, 6) is 2.08. The molecule has 0 spiro atoms. The van der Waals surface area contributed by atoms with Crippen molar-refractivity contribution in [3.63, 3.8) is 0 Å². The third kappa shape index (κ3) is 2.61. The van der Waals surface area contributed by atoms with Gasteiger partial charge in [-0.25, -0.2) is 4.58 Å². The number of methoxy groups -OCH3 is 2. The van der Waals surface area contributed by atoms with Gasteiger partial charge in [-0.15, -0.1) is 0 Å². The van der Waals surface area contributed by atoms with Crippen LogP contribution >= 0.6 is 0 Å². The minimum Gasteiger partial charge on any atom is -1.00 e. The van der Waals surface area contributed by atoms with Gasteiger partial charge in [-0.2, -0.15) is 0 Å². The van der Waals surface area contributed by atoms with Gasteiger partial charge in [0.05, 0.1) is 25.7 Å². The largest absolute Gasteiger partial charge is 1.00 e. The number of benzene rings is 2. The monoisotopic (exact) mass is 435 g/mol. The molecule has 1 heterocycles. The molecule has 2 aromatic rings. The first kappa shape index (κ1) is 17.3. The number of nitrogens with zero attached hydrogens (tertiary/aromatic N) is 1. The Bertz CT molecular complexity index is 814. The Morgan fingerprint density at radius 2 is 1.79 bits per heavy atom. The van der Waals surface area contributed by atoms with E-state index in [2.05, 4.69) is 48.2 Å². The highest BCUT2D eigenvalue weighted by molar-refractivity contribution is 5.87. The highest BCUT2D eigenvalue weighted by atomic mass is 127. The van der Waals surface area contributed by atoms with Crippen LogP contribution in [0.1, 0.15) is 33.7 Å². The number of halogens is 1. The standard InChI is InChI=1S/C20H22NO2.HI/c1-21-11-16-15-7-5-4-6-13(15)8-9-14-10-18(22-2)20(23-3)17(12-21)19(14)16;/h4-7,10,12,16H,8-9,11H2,1-3H3;1H/q+1;/p-1. The van der Waals surface area contributed by atoms with Crippen LogP contribution in [0.2, 0.25) is 0 Å². The first-order chi connectivity index (χ1) is 11.2. The Hall–Kier alpha value is -1.56. The predicted octanol–water partition coefficient (Wildman–Crippen LogP) is 0.0131. The summed E-state index contributed by atoms with van der Waals surface area (Å²) >= 11 is 0. The van der Waals surface area contributed by atoms with Crippen LogP contribution in [0.15, 0.2) is 30.3 Å². The number of hydrogen-bond acceptors (Lipinski definition) is 2. The molecule has 1 aliphatic carbocycles. The fourth-order valence-corrected chi connectivity index (χ4v) is 4.12. The highest BCUT2D eigenvalue weighted by Crippen LogP contribution is 2.44. The summed E-state index contributed by atoms with van der Waals surface area (Å²) in [6.45, 7) is 1.01. The molecule has 0 fully saturated rings. The molecule has 1 aliphatic heterocycles. The van der Waals surface area contributed by atoms with Crippen LogP contribution in [-0.4, -0.2) is 38.6 Å². The molecule has 0 bridgehead atoms. The zero-order valence-electron chi connectivity index (χ0n) is 14.3. The molecule has 4 heteroatoms. The smallest absolute Gasteiger partial charge is 0.174 e. The summed E-state index contributed by atoms with van der Waals surface area (Å²) in [7, 11) is 5.57. The molecular weight excluding hydrogens is 413 g/mol. The summed E-state index contributed by atoms with van der Waals surface area (Å²) in [6.07, 6.45) is 4.33. The van der Waals surface area contributed by atoms with Gasteiger partial charge in [0.15, 0.2) is 24.3 Å². The van der Waals surface area contributed by atoms with Gasteiger partial charge in [-0.1, -0.05) is 24.3 Å². The van der Waals surface area contributed by atoms with Crippen molar-refractivity contribution in [3.05, 3.63) is 58.1 Å². The van der Waals surface area contributed by atoms with E-state index in [4.69, 9.17) is 9.47 Å². The first-order valence-corrected chi connectivity index (χ1v) is 8.13. The van der Waals surface area contributed by atoms with Crippen molar-refractivity contribution in [3.8, 4) is 11.5 Å². The molecule has 4 rings (SSSR count). The maximum Gasteiger partial charge on any atom is 0.174 e. The van der Waals surface area contributed by atoms with Crippen molar-refractivity contribution >= 4 is 6.21 Å². The minimum absolute atomic E-state index is 0. The molecule has 0 saturated heterocycles. The molecular formula is C20H22INO2. The van der Waals surface area contributed by atoms with Crippen molar-refractivity contribution in [2.24, 2.45) is 0 Å². The van der Waals surface area contributed by atoms with E-state index in [1.807, 2.05) is 0 Å². The summed E-state index contributed by atoms with van der Waals surface area (Å²) < 4.78 is 13.6. The van der Waals surface area contributed by atoms with Crippen LogP contribution in [0, 0.1) is 0 Å². The summed E-state index contributed by atoms with van der Waals surface area (Å²) in [5.41, 5.74) is 6.92. The van der Waals surface area contributed by atoms with E-state index in [1.54, 1.807) is 14.2 Å². The van der Waals surface area contributed by atoms with E-state index in [1.165, 1.54) is 27.8 Å². The van der Waals surface area contributed by atoms with Gasteiger partial charge in [0.1, 0.15) is 7.05 Å². The van der Waals surface area contributed by atoms with Crippen molar-refractivity contribution in [1.82, 2.24) is 0 Å². The lowest BCUT2D eigenvalue weighted by atomic mass is 9.83. The number of aryl methyl sites for hydroxylation is 2. The Morgan fingerprint density at radius 1 is 1.04 bits per heavy atom. The maximum absolute atomic E-state index is 5.70. The van der Waals surface area contributed by atoms with Crippen LogP contribution in [-0.2, 0) is 12.8 Å². The average Bonchev–Trinajstić information content (AvgIpc) is 2.73. The summed E-state index contributed by atoms with van der Waals surface area (Å²) in [4.78, 5) is 0. The van der Waals surface area contributed by atoms with E-state index < -0.39 is 0 Å². The third-order valence-electron chi connectivity index (χ3n) is 5.10. The van der Waals surface area contributed by atoms with Gasteiger partial charge >= 0.3 is 0 Å². The second-order valence-electron chi connectivity index (χ2n) is 6.42. The molecule has 0 saturated carbocycles. The van der Waals surface area contributed by atoms with E-state index >= 15 is 0 Å². The van der Waals surface area contributed by atoms with Gasteiger partial charge in [0.25, 0.3) is 0 Å². The maximum atomic E-state index is 5.70. The molecule has 0 aromatic heterocycles. The van der Waals surface area contributed by atoms with Gasteiger partial charge in [-0.05, 0) is 41.2 Å². The van der Waals surface area contributed by atoms with Gasteiger partial charge < -0.3 is 33.5 Å². The average molecular weight is 435 g/mol. The fourth-order valence-electron chi connectivity index (χ4n) is 4.12. The minimum atomic E-state index is 0. The lowest BCUT2D eigenvalue weighted by Crippen LogP contribution is -3.00. The van der Waals surface area contributed by atoms with Crippen LogP contribution < -0.4 is 33.5 Å². The van der Waals surface area contributed by atoms with Crippen LogP contribution in [0.4, 0.5) is 0 Å². The topological polar surface area (TPSA) is 21.5 Å². The van der Waals surface area contributed by atoms with Gasteiger partial charge in [0, 0.05) is 0 Å². The molecule has 0 radical (unpaired) electrons. The van der Waals surface area contributed by atoms with Crippen molar-refractivity contribution in [2.45, 2.75) is 18.8 Å². The van der Waals surface area contributed by atoms with Crippen LogP contribution in [0.25, 0.3) is 0 Å². The van der Waals surface area contributed by atoms with Gasteiger partial charge in [-0.3, -0.25) is 0 Å². The first-order valence-electron chi connectivity index (χ1n) is 8.13. The lowest BCUT2D eigenvalue weighted by molar-refractivity contribution is -0.495. The van der Waals surface area contributed by atoms with E-state index in [9.17, 15) is 0 Å². The summed E-state index contributed by atoms with van der Waals surface area (Å²) in [5, 5.41) is 0. The van der Waals surface area contributed by atoms with E-state index in [0.717, 1.165) is 30.9 Å². The number of hydrogen-bond donors (Lipinski definition) is 0. The van der Waals surface area contributed by atoms with Crippen molar-refractivity contribution in [2.75, 3.05) is 27.8 Å². The van der Waals surface area contributed by atoms with Gasteiger partial charge in [0.2, 0.25) is 0 Å². The quantitative estimate of drug-likeness (QED) is 0.490. The lowest BCUT2D eigenvalue weighted by Gasteiger charge is -2.25. The molecule has 3 nitrogen and oxygen atoms in total. The molecule has 1 atom stereocenters. The fraction of sp³-hybridized carbons (Fsp3) is 0.350. The summed E-state index contributed by atoms with van der Waals surface area (Å²) in [6, 6.07) is 11.0. The second kappa shape index (κ2) is 6.75. The number of fused-ring (bicyclic) bond motifs is 2. The van der Waals surface area contributed by atoms with Crippen LogP contribution in [0.3, 0.4) is 0 Å². The molecule has 2 aromatic carbocycles. The van der Waals surface area contributed by atoms with E-state index in [0.29, 0.717) is 5.92 Å². The number of ether oxygens (including phenoxy) is 2. The Balaban J connectivity index is 0.00000169. The number of likely N-dealkylation sites (N-methyl/N-ethyl adjacent to an activating group) is 1. The van der Waals surface area contributed by atoms with E-state index in [-0.39, 0.29) is 24.0 Å². The zero-order chi connectivity index (χ0) is 16.0. The molecule has 2 aliphatic rings. The highest BCUT2D eigenvalue weighted by Gasteiger charge is 2.35. The molecule has 126 valence electrons. The molecule has 1 unspecified atom stereocenters.